The van der Waals surface area contributed by atoms with Gasteiger partial charge >= 0.3 is 0 Å². The standard InChI is InChI=1S/C17H37NO4/c1-16(2)6-8-19-10-12-21-14-15-22-13-11-20-9-7-18(5)17(3)4/h16-17H,6-15H2,1-5H3. The Labute approximate surface area is 137 Å². The quantitative estimate of drug-likeness (QED) is 0.409. The maximum atomic E-state index is 5.52. The number of hydrogen-bond acceptors (Lipinski definition) is 5. The first-order valence-electron chi connectivity index (χ1n) is 8.55. The lowest BCUT2D eigenvalue weighted by Gasteiger charge is -2.20. The highest BCUT2D eigenvalue weighted by Gasteiger charge is 2.01. The lowest BCUT2D eigenvalue weighted by Crippen LogP contribution is -2.30. The Balaban J connectivity index is 3.06. The molecule has 0 amide bonds. The van der Waals surface area contributed by atoms with Gasteiger partial charge < -0.3 is 23.8 Å². The van der Waals surface area contributed by atoms with E-state index >= 15 is 0 Å². The van der Waals surface area contributed by atoms with E-state index in [1.165, 1.54) is 0 Å². The second-order valence-electron chi connectivity index (χ2n) is 6.21. The summed E-state index contributed by atoms with van der Waals surface area (Å²) in [6, 6.07) is 0.561. The van der Waals surface area contributed by atoms with Gasteiger partial charge in [-0.3, -0.25) is 0 Å². The van der Waals surface area contributed by atoms with E-state index in [0.717, 1.165) is 26.2 Å². The summed E-state index contributed by atoms with van der Waals surface area (Å²) in [6.07, 6.45) is 1.11. The second kappa shape index (κ2) is 15.7. The summed E-state index contributed by atoms with van der Waals surface area (Å²) < 4.78 is 21.9. The number of likely N-dealkylation sites (N-methyl/N-ethyl adjacent to an activating group) is 1. The molecule has 0 aromatic heterocycles. The highest BCUT2D eigenvalue weighted by Crippen LogP contribution is 1.98. The predicted octanol–water partition coefficient (Wildman–Crippen LogP) is 2.44. The molecule has 0 aliphatic heterocycles. The molecule has 0 heterocycles. The molecule has 0 unspecified atom stereocenters. The second-order valence-corrected chi connectivity index (χ2v) is 6.21. The molecule has 0 fully saturated rings. The van der Waals surface area contributed by atoms with Crippen LogP contribution in [0.5, 0.6) is 0 Å². The molecule has 0 aliphatic carbocycles. The Kier molecular flexibility index (Phi) is 15.5. The van der Waals surface area contributed by atoms with Gasteiger partial charge in [-0.05, 0) is 33.2 Å². The van der Waals surface area contributed by atoms with Crippen molar-refractivity contribution in [3.63, 3.8) is 0 Å². The molecule has 5 heteroatoms. The molecule has 0 N–H and O–H groups in total. The van der Waals surface area contributed by atoms with Crippen LogP contribution >= 0.6 is 0 Å². The first kappa shape index (κ1) is 21.8. The first-order valence-corrected chi connectivity index (χ1v) is 8.55. The van der Waals surface area contributed by atoms with Gasteiger partial charge in [0.15, 0.2) is 0 Å². The number of rotatable bonds is 16. The van der Waals surface area contributed by atoms with E-state index < -0.39 is 0 Å². The van der Waals surface area contributed by atoms with Crippen molar-refractivity contribution in [3.05, 3.63) is 0 Å². The Hall–Kier alpha value is -0.200. The van der Waals surface area contributed by atoms with Gasteiger partial charge in [0.2, 0.25) is 0 Å². The Bertz CT molecular complexity index is 225. The molecule has 0 aromatic rings. The van der Waals surface area contributed by atoms with Crippen molar-refractivity contribution in [2.45, 2.75) is 40.2 Å². The Morgan fingerprint density at radius 3 is 1.45 bits per heavy atom. The van der Waals surface area contributed by atoms with E-state index in [1.807, 2.05) is 0 Å². The summed E-state index contributed by atoms with van der Waals surface area (Å²) >= 11 is 0. The summed E-state index contributed by atoms with van der Waals surface area (Å²) in [7, 11) is 2.11. The van der Waals surface area contributed by atoms with Crippen LogP contribution in [0.3, 0.4) is 0 Å². The fraction of sp³-hybridized carbons (Fsp3) is 1.00. The molecule has 0 atom stereocenters. The van der Waals surface area contributed by atoms with Crippen molar-refractivity contribution >= 4 is 0 Å². The van der Waals surface area contributed by atoms with E-state index in [2.05, 4.69) is 39.6 Å². The van der Waals surface area contributed by atoms with Crippen LogP contribution in [0.15, 0.2) is 0 Å². The minimum Gasteiger partial charge on any atom is -0.379 e. The summed E-state index contributed by atoms with van der Waals surface area (Å²) in [4.78, 5) is 2.26. The molecular formula is C17H37NO4. The number of ether oxygens (including phenoxy) is 4. The normalized spacial score (nSPS) is 12.0. The Morgan fingerprint density at radius 1 is 0.636 bits per heavy atom. The fourth-order valence-electron chi connectivity index (χ4n) is 1.55. The van der Waals surface area contributed by atoms with E-state index in [4.69, 9.17) is 18.9 Å². The molecule has 0 rings (SSSR count). The van der Waals surface area contributed by atoms with Crippen LogP contribution in [0.25, 0.3) is 0 Å². The minimum atomic E-state index is 0.561. The van der Waals surface area contributed by atoms with E-state index in [1.54, 1.807) is 0 Å². The van der Waals surface area contributed by atoms with Gasteiger partial charge in [0.25, 0.3) is 0 Å². The average Bonchev–Trinajstić information content (AvgIpc) is 2.46. The average molecular weight is 319 g/mol. The summed E-state index contributed by atoms with van der Waals surface area (Å²) in [5.74, 6) is 0.697. The maximum Gasteiger partial charge on any atom is 0.0701 e. The zero-order valence-corrected chi connectivity index (χ0v) is 15.3. The molecule has 0 bridgehead atoms. The predicted molar refractivity (Wildman–Crippen MR) is 90.5 cm³/mol. The molecule has 0 saturated carbocycles. The van der Waals surface area contributed by atoms with Gasteiger partial charge in [-0.15, -0.1) is 0 Å². The van der Waals surface area contributed by atoms with Gasteiger partial charge in [-0.1, -0.05) is 13.8 Å². The molecule has 134 valence electrons. The molecule has 22 heavy (non-hydrogen) atoms. The molecule has 0 aromatic carbocycles. The SMILES string of the molecule is CC(C)CCOCCOCCOCCOCCN(C)C(C)C. The summed E-state index contributed by atoms with van der Waals surface area (Å²) in [5.41, 5.74) is 0. The van der Waals surface area contributed by atoms with Crippen molar-refractivity contribution < 1.29 is 18.9 Å². The topological polar surface area (TPSA) is 40.2 Å². The summed E-state index contributed by atoms with van der Waals surface area (Å²) in [6.45, 7) is 15.1. The van der Waals surface area contributed by atoms with E-state index in [9.17, 15) is 0 Å². The van der Waals surface area contributed by atoms with Crippen molar-refractivity contribution in [2.75, 3.05) is 66.4 Å². The first-order chi connectivity index (χ1) is 10.5. The van der Waals surface area contributed by atoms with Crippen LogP contribution in [0, 0.1) is 5.92 Å². The molecular weight excluding hydrogens is 282 g/mol. The van der Waals surface area contributed by atoms with Gasteiger partial charge in [0.05, 0.1) is 46.2 Å². The maximum absolute atomic E-state index is 5.52. The highest BCUT2D eigenvalue weighted by atomic mass is 16.6. The van der Waals surface area contributed by atoms with Crippen LogP contribution in [-0.4, -0.2) is 77.4 Å². The molecule has 0 saturated heterocycles. The molecule has 0 spiro atoms. The van der Waals surface area contributed by atoms with Crippen LogP contribution in [0.2, 0.25) is 0 Å². The van der Waals surface area contributed by atoms with Gasteiger partial charge in [0.1, 0.15) is 0 Å². The van der Waals surface area contributed by atoms with Crippen molar-refractivity contribution in [2.24, 2.45) is 5.92 Å². The smallest absolute Gasteiger partial charge is 0.0701 e. The lowest BCUT2D eigenvalue weighted by atomic mass is 10.1. The lowest BCUT2D eigenvalue weighted by molar-refractivity contribution is -0.00471. The number of nitrogens with zero attached hydrogens (tertiary/aromatic N) is 1. The van der Waals surface area contributed by atoms with Crippen molar-refractivity contribution in [3.8, 4) is 0 Å². The Morgan fingerprint density at radius 2 is 1.05 bits per heavy atom. The highest BCUT2D eigenvalue weighted by molar-refractivity contribution is 4.55. The molecule has 5 nitrogen and oxygen atoms in total. The molecule has 0 radical (unpaired) electrons. The van der Waals surface area contributed by atoms with Crippen molar-refractivity contribution in [1.29, 1.82) is 0 Å². The van der Waals surface area contributed by atoms with Crippen LogP contribution in [0.4, 0.5) is 0 Å². The van der Waals surface area contributed by atoms with Crippen LogP contribution in [-0.2, 0) is 18.9 Å². The monoisotopic (exact) mass is 319 g/mol. The third kappa shape index (κ3) is 16.2. The minimum absolute atomic E-state index is 0.561. The van der Waals surface area contributed by atoms with E-state index in [-0.39, 0.29) is 0 Å². The van der Waals surface area contributed by atoms with Crippen LogP contribution < -0.4 is 0 Å². The molecule has 0 aliphatic rings. The van der Waals surface area contributed by atoms with E-state index in [0.29, 0.717) is 51.6 Å². The zero-order valence-electron chi connectivity index (χ0n) is 15.3. The zero-order chi connectivity index (χ0) is 16.6. The van der Waals surface area contributed by atoms with Gasteiger partial charge in [-0.2, -0.15) is 0 Å². The third-order valence-electron chi connectivity index (χ3n) is 3.43. The fourth-order valence-corrected chi connectivity index (χ4v) is 1.55. The van der Waals surface area contributed by atoms with Gasteiger partial charge in [0, 0.05) is 19.2 Å². The largest absolute Gasteiger partial charge is 0.379 e. The van der Waals surface area contributed by atoms with Crippen molar-refractivity contribution in [1.82, 2.24) is 4.90 Å². The van der Waals surface area contributed by atoms with Gasteiger partial charge in [-0.25, -0.2) is 0 Å². The third-order valence-corrected chi connectivity index (χ3v) is 3.43. The van der Waals surface area contributed by atoms with Crippen LogP contribution in [0.1, 0.15) is 34.1 Å². The number of hydrogen-bond donors (Lipinski definition) is 0. The summed E-state index contributed by atoms with van der Waals surface area (Å²) in [5, 5.41) is 0.